The van der Waals surface area contributed by atoms with E-state index in [9.17, 15) is 0 Å². The van der Waals surface area contributed by atoms with Gasteiger partial charge in [0.2, 0.25) is 0 Å². The Labute approximate surface area is 116 Å². The second-order valence-corrected chi connectivity index (χ2v) is 5.25. The first kappa shape index (κ1) is 13.1. The SMILES string of the molecule is Cc1cc(Br)ccc1Oc1ccccc1[C@@H](C)N. The van der Waals surface area contributed by atoms with Gasteiger partial charge in [-0.1, -0.05) is 34.1 Å². The molecular weight excluding hydrogens is 290 g/mol. The molecule has 0 aliphatic carbocycles. The van der Waals surface area contributed by atoms with Crippen molar-refractivity contribution >= 4 is 15.9 Å². The van der Waals surface area contributed by atoms with Crippen molar-refractivity contribution in [2.24, 2.45) is 5.73 Å². The molecule has 0 radical (unpaired) electrons. The largest absolute Gasteiger partial charge is 0.457 e. The van der Waals surface area contributed by atoms with Gasteiger partial charge in [-0.05, 0) is 43.7 Å². The summed E-state index contributed by atoms with van der Waals surface area (Å²) in [5.74, 6) is 1.67. The summed E-state index contributed by atoms with van der Waals surface area (Å²) < 4.78 is 7.00. The molecule has 0 saturated heterocycles. The number of benzene rings is 2. The lowest BCUT2D eigenvalue weighted by Crippen LogP contribution is -2.06. The van der Waals surface area contributed by atoms with Gasteiger partial charge >= 0.3 is 0 Å². The van der Waals surface area contributed by atoms with Crippen molar-refractivity contribution in [3.05, 3.63) is 58.1 Å². The summed E-state index contributed by atoms with van der Waals surface area (Å²) in [4.78, 5) is 0. The third-order valence-corrected chi connectivity index (χ3v) is 3.26. The third kappa shape index (κ3) is 2.92. The van der Waals surface area contributed by atoms with E-state index in [1.165, 1.54) is 0 Å². The number of hydrogen-bond acceptors (Lipinski definition) is 2. The van der Waals surface area contributed by atoms with Gasteiger partial charge in [-0.15, -0.1) is 0 Å². The number of para-hydroxylation sites is 1. The van der Waals surface area contributed by atoms with Gasteiger partial charge in [0.05, 0.1) is 0 Å². The third-order valence-electron chi connectivity index (χ3n) is 2.77. The monoisotopic (exact) mass is 305 g/mol. The van der Waals surface area contributed by atoms with Crippen LogP contribution in [0.2, 0.25) is 0 Å². The van der Waals surface area contributed by atoms with Crippen molar-refractivity contribution in [2.45, 2.75) is 19.9 Å². The van der Waals surface area contributed by atoms with E-state index >= 15 is 0 Å². The van der Waals surface area contributed by atoms with Gasteiger partial charge in [0, 0.05) is 16.1 Å². The highest BCUT2D eigenvalue weighted by Crippen LogP contribution is 2.31. The molecule has 0 heterocycles. The van der Waals surface area contributed by atoms with Crippen molar-refractivity contribution in [2.75, 3.05) is 0 Å². The molecule has 2 rings (SSSR count). The highest BCUT2D eigenvalue weighted by atomic mass is 79.9. The fraction of sp³-hybridized carbons (Fsp3) is 0.200. The maximum absolute atomic E-state index is 5.96. The number of aryl methyl sites for hydroxylation is 1. The zero-order valence-corrected chi connectivity index (χ0v) is 12.1. The van der Waals surface area contributed by atoms with Crippen LogP contribution in [0.1, 0.15) is 24.1 Å². The Bertz CT molecular complexity index is 552. The lowest BCUT2D eigenvalue weighted by Gasteiger charge is -2.15. The van der Waals surface area contributed by atoms with Crippen LogP contribution in [0.25, 0.3) is 0 Å². The van der Waals surface area contributed by atoms with Crippen molar-refractivity contribution in [1.82, 2.24) is 0 Å². The van der Waals surface area contributed by atoms with Gasteiger partial charge in [0.25, 0.3) is 0 Å². The van der Waals surface area contributed by atoms with Crippen molar-refractivity contribution in [3.8, 4) is 11.5 Å². The van der Waals surface area contributed by atoms with Gasteiger partial charge in [0.1, 0.15) is 11.5 Å². The molecule has 2 aromatic rings. The molecule has 0 amide bonds. The summed E-state index contributed by atoms with van der Waals surface area (Å²) in [5.41, 5.74) is 8.04. The summed E-state index contributed by atoms with van der Waals surface area (Å²) in [6, 6.07) is 13.8. The number of hydrogen-bond donors (Lipinski definition) is 1. The second kappa shape index (κ2) is 5.55. The first-order valence-electron chi connectivity index (χ1n) is 5.86. The summed E-state index contributed by atoms with van der Waals surface area (Å²) in [6.45, 7) is 3.98. The van der Waals surface area contributed by atoms with E-state index in [-0.39, 0.29) is 6.04 Å². The lowest BCUT2D eigenvalue weighted by molar-refractivity contribution is 0.468. The van der Waals surface area contributed by atoms with Crippen LogP contribution >= 0.6 is 15.9 Å². The van der Waals surface area contributed by atoms with Crippen LogP contribution in [0.4, 0.5) is 0 Å². The summed E-state index contributed by atoms with van der Waals surface area (Å²) in [5, 5.41) is 0. The van der Waals surface area contributed by atoms with Gasteiger partial charge in [-0.25, -0.2) is 0 Å². The topological polar surface area (TPSA) is 35.2 Å². The minimum atomic E-state index is -0.0445. The number of halogens is 1. The Balaban J connectivity index is 2.34. The zero-order chi connectivity index (χ0) is 13.1. The number of ether oxygens (including phenoxy) is 1. The van der Waals surface area contributed by atoms with Gasteiger partial charge < -0.3 is 10.5 Å². The van der Waals surface area contributed by atoms with Crippen LogP contribution in [0.5, 0.6) is 11.5 Å². The van der Waals surface area contributed by atoms with Crippen LogP contribution in [-0.4, -0.2) is 0 Å². The van der Waals surface area contributed by atoms with E-state index in [4.69, 9.17) is 10.5 Å². The molecule has 0 fully saturated rings. The van der Waals surface area contributed by atoms with E-state index in [0.29, 0.717) is 0 Å². The average molecular weight is 306 g/mol. The average Bonchev–Trinajstić information content (AvgIpc) is 2.33. The normalized spacial score (nSPS) is 12.2. The van der Waals surface area contributed by atoms with Crippen LogP contribution < -0.4 is 10.5 Å². The Morgan fingerprint density at radius 2 is 1.83 bits per heavy atom. The molecule has 2 N–H and O–H groups in total. The predicted molar refractivity (Wildman–Crippen MR) is 78.0 cm³/mol. The maximum atomic E-state index is 5.96. The maximum Gasteiger partial charge on any atom is 0.132 e. The second-order valence-electron chi connectivity index (χ2n) is 4.34. The van der Waals surface area contributed by atoms with Crippen molar-refractivity contribution < 1.29 is 4.74 Å². The Hall–Kier alpha value is -1.32. The van der Waals surface area contributed by atoms with E-state index < -0.39 is 0 Å². The van der Waals surface area contributed by atoms with Crippen molar-refractivity contribution in [3.63, 3.8) is 0 Å². The predicted octanol–water partition coefficient (Wildman–Crippen LogP) is 4.57. The fourth-order valence-corrected chi connectivity index (χ4v) is 2.27. The molecule has 0 saturated carbocycles. The lowest BCUT2D eigenvalue weighted by atomic mass is 10.1. The fourth-order valence-electron chi connectivity index (χ4n) is 1.80. The quantitative estimate of drug-likeness (QED) is 0.901. The van der Waals surface area contributed by atoms with Crippen LogP contribution in [0.15, 0.2) is 46.9 Å². The van der Waals surface area contributed by atoms with Gasteiger partial charge in [-0.3, -0.25) is 0 Å². The highest BCUT2D eigenvalue weighted by molar-refractivity contribution is 9.10. The molecular formula is C15H16BrNO. The highest BCUT2D eigenvalue weighted by Gasteiger charge is 2.09. The van der Waals surface area contributed by atoms with Gasteiger partial charge in [-0.2, -0.15) is 0 Å². The molecule has 1 atom stereocenters. The molecule has 2 nitrogen and oxygen atoms in total. The molecule has 2 aromatic carbocycles. The Morgan fingerprint density at radius 3 is 2.50 bits per heavy atom. The molecule has 0 aromatic heterocycles. The number of rotatable bonds is 3. The van der Waals surface area contributed by atoms with E-state index in [2.05, 4.69) is 15.9 Å². The minimum absolute atomic E-state index is 0.0445. The van der Waals surface area contributed by atoms with E-state index in [0.717, 1.165) is 27.1 Å². The van der Waals surface area contributed by atoms with Crippen LogP contribution in [-0.2, 0) is 0 Å². The molecule has 0 unspecified atom stereocenters. The van der Waals surface area contributed by atoms with Crippen molar-refractivity contribution in [1.29, 1.82) is 0 Å². The summed E-state index contributed by atoms with van der Waals surface area (Å²) >= 11 is 3.44. The Kier molecular flexibility index (Phi) is 4.04. The molecule has 0 aliphatic heterocycles. The zero-order valence-electron chi connectivity index (χ0n) is 10.5. The molecule has 94 valence electrons. The number of nitrogens with two attached hydrogens (primary N) is 1. The van der Waals surface area contributed by atoms with E-state index in [1.807, 2.05) is 56.3 Å². The first-order valence-corrected chi connectivity index (χ1v) is 6.65. The Morgan fingerprint density at radius 1 is 1.11 bits per heavy atom. The summed E-state index contributed by atoms with van der Waals surface area (Å²) in [7, 11) is 0. The van der Waals surface area contributed by atoms with Crippen LogP contribution in [0.3, 0.4) is 0 Å². The molecule has 0 aliphatic rings. The molecule has 0 spiro atoms. The molecule has 18 heavy (non-hydrogen) atoms. The van der Waals surface area contributed by atoms with E-state index in [1.54, 1.807) is 0 Å². The van der Waals surface area contributed by atoms with Gasteiger partial charge in [0.15, 0.2) is 0 Å². The molecule has 3 heteroatoms. The molecule has 0 bridgehead atoms. The smallest absolute Gasteiger partial charge is 0.132 e. The first-order chi connectivity index (χ1) is 8.58. The standard InChI is InChI=1S/C15H16BrNO/c1-10-9-12(16)7-8-14(10)18-15-6-4-3-5-13(15)11(2)17/h3-9,11H,17H2,1-2H3/t11-/m1/s1. The minimum Gasteiger partial charge on any atom is -0.457 e. The summed E-state index contributed by atoms with van der Waals surface area (Å²) in [6.07, 6.45) is 0. The van der Waals surface area contributed by atoms with Crippen LogP contribution in [0, 0.1) is 6.92 Å².